The number of hydrogen-bond donors (Lipinski definition) is 0. The van der Waals surface area contributed by atoms with Crippen LogP contribution >= 0.6 is 0 Å². The van der Waals surface area contributed by atoms with Crippen LogP contribution in [0.25, 0.3) is 0 Å². The highest BCUT2D eigenvalue weighted by atomic mass is 16.5. The summed E-state index contributed by atoms with van der Waals surface area (Å²) in [7, 11) is 0. The van der Waals surface area contributed by atoms with E-state index in [1.165, 1.54) is 64.2 Å². The maximum Gasteiger partial charge on any atom is 0.306 e. The maximum atomic E-state index is 12.6. The molecule has 0 amide bonds. The van der Waals surface area contributed by atoms with E-state index in [1.54, 1.807) is 0 Å². The quantitative estimate of drug-likeness (QED) is 0.271. The van der Waals surface area contributed by atoms with Crippen molar-refractivity contribution < 1.29 is 14.3 Å². The third-order valence-electron chi connectivity index (χ3n) is 10.7. The Morgan fingerprint density at radius 2 is 1.59 bits per heavy atom. The van der Waals surface area contributed by atoms with Crippen molar-refractivity contribution in [3.05, 3.63) is 0 Å². The molecule has 0 aromatic heterocycles. The second-order valence-electron chi connectivity index (χ2n) is 12.4. The van der Waals surface area contributed by atoms with Crippen molar-refractivity contribution in [2.75, 3.05) is 0 Å². The van der Waals surface area contributed by atoms with Crippen LogP contribution in [0.15, 0.2) is 0 Å². The van der Waals surface area contributed by atoms with Crippen molar-refractivity contribution in [2.45, 2.75) is 136 Å². The summed E-state index contributed by atoms with van der Waals surface area (Å²) < 4.78 is 6.17. The molecule has 182 valence electrons. The average molecular weight is 445 g/mol. The third kappa shape index (κ3) is 4.69. The Labute approximate surface area is 196 Å². The first kappa shape index (κ1) is 24.3. The lowest BCUT2D eigenvalue weighted by Crippen LogP contribution is -2.54. The molecular formula is C29H48O3. The zero-order chi connectivity index (χ0) is 22.8. The van der Waals surface area contributed by atoms with E-state index >= 15 is 0 Å². The fourth-order valence-corrected chi connectivity index (χ4v) is 8.63. The van der Waals surface area contributed by atoms with Crippen LogP contribution < -0.4 is 0 Å². The monoisotopic (exact) mass is 444 g/mol. The minimum Gasteiger partial charge on any atom is -0.462 e. The van der Waals surface area contributed by atoms with E-state index in [2.05, 4.69) is 20.8 Å². The molecule has 4 aliphatic rings. The average Bonchev–Trinajstić information content (AvgIpc) is 3.10. The number of Topliss-reactive ketones (excluding diaryl/α,β-unsaturated/α-hetero) is 1. The topological polar surface area (TPSA) is 43.4 Å². The number of carbonyl (C=O) groups is 2. The molecule has 32 heavy (non-hydrogen) atoms. The van der Waals surface area contributed by atoms with E-state index in [0.717, 1.165) is 50.4 Å². The van der Waals surface area contributed by atoms with Crippen molar-refractivity contribution >= 4 is 11.8 Å². The van der Waals surface area contributed by atoms with Crippen molar-refractivity contribution in [1.29, 1.82) is 0 Å². The fourth-order valence-electron chi connectivity index (χ4n) is 8.63. The molecule has 4 fully saturated rings. The van der Waals surface area contributed by atoms with Crippen LogP contribution in [0.5, 0.6) is 0 Å². The first-order chi connectivity index (χ1) is 15.4. The molecule has 0 heterocycles. The normalized spacial score (nSPS) is 41.0. The van der Waals surface area contributed by atoms with Gasteiger partial charge < -0.3 is 4.74 Å². The Bertz CT molecular complexity index is 671. The van der Waals surface area contributed by atoms with Gasteiger partial charge in [-0.25, -0.2) is 0 Å². The largest absolute Gasteiger partial charge is 0.462 e. The van der Waals surface area contributed by atoms with Crippen LogP contribution in [0.1, 0.15) is 130 Å². The van der Waals surface area contributed by atoms with Gasteiger partial charge in [-0.05, 0) is 80.5 Å². The molecule has 0 aromatic carbocycles. The van der Waals surface area contributed by atoms with Gasteiger partial charge in [0.2, 0.25) is 0 Å². The lowest BCUT2D eigenvalue weighted by molar-refractivity contribution is -0.164. The van der Waals surface area contributed by atoms with E-state index in [1.807, 2.05) is 0 Å². The summed E-state index contributed by atoms with van der Waals surface area (Å²) in [5.41, 5.74) is 0.536. The van der Waals surface area contributed by atoms with Crippen molar-refractivity contribution in [2.24, 2.45) is 34.5 Å². The van der Waals surface area contributed by atoms with Crippen LogP contribution in [0, 0.1) is 34.5 Å². The summed E-state index contributed by atoms with van der Waals surface area (Å²) in [6, 6.07) is 0. The zero-order valence-electron chi connectivity index (χ0n) is 21.1. The van der Waals surface area contributed by atoms with Crippen LogP contribution in [0.2, 0.25) is 0 Å². The molecule has 0 aliphatic heterocycles. The number of carbonyl (C=O) groups excluding carboxylic acids is 2. The van der Waals surface area contributed by atoms with Gasteiger partial charge in [-0.15, -0.1) is 0 Å². The minimum absolute atomic E-state index is 0.0500. The summed E-state index contributed by atoms with van der Waals surface area (Å²) in [5, 5.41) is 0. The molecule has 0 unspecified atom stereocenters. The molecular weight excluding hydrogens is 396 g/mol. The molecule has 3 nitrogen and oxygen atoms in total. The summed E-state index contributed by atoms with van der Waals surface area (Å²) in [6.45, 7) is 7.20. The molecule has 0 radical (unpaired) electrons. The van der Waals surface area contributed by atoms with Crippen molar-refractivity contribution in [1.82, 2.24) is 0 Å². The van der Waals surface area contributed by atoms with Gasteiger partial charge in [0.25, 0.3) is 0 Å². The van der Waals surface area contributed by atoms with E-state index in [0.29, 0.717) is 29.5 Å². The van der Waals surface area contributed by atoms with Gasteiger partial charge in [0.05, 0.1) is 0 Å². The number of esters is 1. The van der Waals surface area contributed by atoms with Gasteiger partial charge in [-0.2, -0.15) is 0 Å². The SMILES string of the molecule is CCCCCCCCCC(=O)O[C@@H]1CC[C@H]2[C@@H]3CC[C@H]4CC(=O)CC[C@]4(C)[C@H]3CC[C@]12C. The highest BCUT2D eigenvalue weighted by Crippen LogP contribution is 2.66. The van der Waals surface area contributed by atoms with Gasteiger partial charge in [0.1, 0.15) is 11.9 Å². The van der Waals surface area contributed by atoms with Gasteiger partial charge in [0.15, 0.2) is 0 Å². The van der Waals surface area contributed by atoms with E-state index < -0.39 is 0 Å². The number of unbranched alkanes of at least 4 members (excludes halogenated alkanes) is 6. The molecule has 0 N–H and O–H groups in total. The lowest BCUT2D eigenvalue weighted by atomic mass is 9.45. The van der Waals surface area contributed by atoms with Gasteiger partial charge in [0, 0.05) is 24.7 Å². The van der Waals surface area contributed by atoms with Gasteiger partial charge in [-0.1, -0.05) is 59.3 Å². The molecule has 4 rings (SSSR count). The van der Waals surface area contributed by atoms with Crippen LogP contribution in [-0.2, 0) is 14.3 Å². The lowest BCUT2D eigenvalue weighted by Gasteiger charge is -2.60. The Kier molecular flexibility index (Phi) is 7.72. The standard InChI is InChI=1S/C29H48O3/c1-4-5-6-7-8-9-10-11-27(31)32-26-15-14-24-23-13-12-21-20-22(30)16-18-28(21,2)25(23)17-19-29(24,26)3/h21,23-26H,4-20H2,1-3H3/t21-,23-,24-,25-,26+,28-,29-/m0/s1. The molecule has 4 aliphatic carbocycles. The predicted molar refractivity (Wildman–Crippen MR) is 129 cm³/mol. The predicted octanol–water partition coefficient (Wildman–Crippen LogP) is 7.65. The number of fused-ring (bicyclic) bond motifs is 5. The van der Waals surface area contributed by atoms with Gasteiger partial charge in [-0.3, -0.25) is 9.59 Å². The first-order valence-electron chi connectivity index (χ1n) is 14.1. The molecule has 7 atom stereocenters. The molecule has 0 saturated heterocycles. The number of hydrogen-bond acceptors (Lipinski definition) is 3. The van der Waals surface area contributed by atoms with E-state index in [4.69, 9.17) is 4.74 Å². The molecule has 0 spiro atoms. The van der Waals surface area contributed by atoms with E-state index in [9.17, 15) is 9.59 Å². The summed E-state index contributed by atoms with van der Waals surface area (Å²) >= 11 is 0. The minimum atomic E-state index is 0.0500. The summed E-state index contributed by atoms with van der Waals surface area (Å²) in [4.78, 5) is 24.8. The summed E-state index contributed by atoms with van der Waals surface area (Å²) in [5.74, 6) is 3.42. The first-order valence-corrected chi connectivity index (χ1v) is 14.1. The van der Waals surface area contributed by atoms with Gasteiger partial charge >= 0.3 is 5.97 Å². The summed E-state index contributed by atoms with van der Waals surface area (Å²) in [6.07, 6.45) is 19.4. The van der Waals surface area contributed by atoms with Crippen LogP contribution in [0.4, 0.5) is 0 Å². The highest BCUT2D eigenvalue weighted by molar-refractivity contribution is 5.79. The Morgan fingerprint density at radius 1 is 0.875 bits per heavy atom. The van der Waals surface area contributed by atoms with Crippen molar-refractivity contribution in [3.8, 4) is 0 Å². The molecule has 4 saturated carbocycles. The maximum absolute atomic E-state index is 12.6. The Balaban J connectivity index is 1.29. The second-order valence-corrected chi connectivity index (χ2v) is 12.4. The third-order valence-corrected chi connectivity index (χ3v) is 10.7. The smallest absolute Gasteiger partial charge is 0.306 e. The number of ether oxygens (including phenoxy) is 1. The van der Waals surface area contributed by atoms with E-state index in [-0.39, 0.29) is 17.5 Å². The van der Waals surface area contributed by atoms with Crippen LogP contribution in [0.3, 0.4) is 0 Å². The Morgan fingerprint density at radius 3 is 2.38 bits per heavy atom. The van der Waals surface area contributed by atoms with Crippen molar-refractivity contribution in [3.63, 3.8) is 0 Å². The number of ketones is 1. The number of rotatable bonds is 9. The zero-order valence-corrected chi connectivity index (χ0v) is 21.1. The Hall–Kier alpha value is -0.860. The molecule has 0 bridgehead atoms. The van der Waals surface area contributed by atoms with Crippen LogP contribution in [-0.4, -0.2) is 17.9 Å². The molecule has 3 heteroatoms. The second kappa shape index (κ2) is 10.2. The fraction of sp³-hybridized carbons (Fsp3) is 0.931. The molecule has 0 aromatic rings. The highest BCUT2D eigenvalue weighted by Gasteiger charge is 2.61.